The summed E-state index contributed by atoms with van der Waals surface area (Å²) in [4.78, 5) is 15.7. The largest absolute Gasteiger partial charge is 0.372 e. The molecule has 0 unspecified atom stereocenters. The maximum Gasteiger partial charge on any atom is 0.228 e. The van der Waals surface area contributed by atoms with Crippen LogP contribution >= 0.6 is 11.3 Å². The average molecular weight is 307 g/mol. The van der Waals surface area contributed by atoms with Crippen molar-refractivity contribution in [2.75, 3.05) is 19.8 Å². The Morgan fingerprint density at radius 3 is 3.24 bits per heavy atom. The maximum atomic E-state index is 12.5. The minimum absolute atomic E-state index is 0.0194. The molecule has 2 fully saturated rings. The average Bonchev–Trinajstić information content (AvgIpc) is 3.14. The number of morpholine rings is 1. The Balaban J connectivity index is 1.64. The van der Waals surface area contributed by atoms with Gasteiger partial charge in [0.2, 0.25) is 5.91 Å². The van der Waals surface area contributed by atoms with Crippen molar-refractivity contribution in [2.45, 2.75) is 37.5 Å². The van der Waals surface area contributed by atoms with Crippen molar-refractivity contribution in [3.63, 3.8) is 0 Å². The molecule has 0 bridgehead atoms. The van der Waals surface area contributed by atoms with E-state index in [2.05, 4.69) is 6.58 Å². The summed E-state index contributed by atoms with van der Waals surface area (Å²) in [6.07, 6.45) is 4.28. The molecule has 1 saturated carbocycles. The van der Waals surface area contributed by atoms with Crippen LogP contribution in [0.25, 0.3) is 0 Å². The van der Waals surface area contributed by atoms with Crippen molar-refractivity contribution < 1.29 is 14.3 Å². The molecule has 0 aromatic carbocycles. The summed E-state index contributed by atoms with van der Waals surface area (Å²) < 4.78 is 11.7. The van der Waals surface area contributed by atoms with Gasteiger partial charge in [-0.15, -0.1) is 17.9 Å². The molecule has 3 atom stereocenters. The summed E-state index contributed by atoms with van der Waals surface area (Å²) in [6, 6.07) is 4.18. The Kier molecular flexibility index (Phi) is 4.73. The smallest absolute Gasteiger partial charge is 0.228 e. The maximum absolute atomic E-state index is 12.5. The summed E-state index contributed by atoms with van der Waals surface area (Å²) in [5, 5.41) is 2.01. The van der Waals surface area contributed by atoms with Crippen LogP contribution in [0.3, 0.4) is 0 Å². The van der Waals surface area contributed by atoms with Gasteiger partial charge < -0.3 is 14.4 Å². The number of amides is 1. The fourth-order valence-electron chi connectivity index (χ4n) is 3.26. The molecule has 114 valence electrons. The van der Waals surface area contributed by atoms with Crippen molar-refractivity contribution in [1.82, 2.24) is 4.90 Å². The van der Waals surface area contributed by atoms with Gasteiger partial charge in [-0.1, -0.05) is 12.1 Å². The zero-order valence-corrected chi connectivity index (χ0v) is 12.9. The Morgan fingerprint density at radius 1 is 1.57 bits per heavy atom. The minimum atomic E-state index is 0.0194. The van der Waals surface area contributed by atoms with Crippen LogP contribution in [0.15, 0.2) is 30.2 Å². The van der Waals surface area contributed by atoms with E-state index in [-0.39, 0.29) is 24.2 Å². The zero-order valence-electron chi connectivity index (χ0n) is 12.1. The lowest BCUT2D eigenvalue weighted by atomic mass is 10.1. The van der Waals surface area contributed by atoms with E-state index in [9.17, 15) is 4.79 Å². The SMILES string of the molecule is C=CCO[C@H]1CC[C@H]2[C@@H]1OCCN2C(=O)Cc1cccs1. The van der Waals surface area contributed by atoms with Crippen molar-refractivity contribution in [3.8, 4) is 0 Å². The molecule has 0 N–H and O–H groups in total. The van der Waals surface area contributed by atoms with Crippen molar-refractivity contribution in [1.29, 1.82) is 0 Å². The topological polar surface area (TPSA) is 38.8 Å². The highest BCUT2D eigenvalue weighted by molar-refractivity contribution is 7.10. The Hall–Kier alpha value is -1.17. The van der Waals surface area contributed by atoms with Crippen LogP contribution in [0, 0.1) is 0 Å². The van der Waals surface area contributed by atoms with Crippen LogP contribution in [-0.2, 0) is 20.7 Å². The van der Waals surface area contributed by atoms with Crippen molar-refractivity contribution >= 4 is 17.2 Å². The van der Waals surface area contributed by atoms with Crippen LogP contribution in [-0.4, -0.2) is 48.8 Å². The predicted octanol–water partition coefficient (Wildman–Crippen LogP) is 2.25. The number of ether oxygens (including phenoxy) is 2. The first kappa shape index (κ1) is 14.8. The van der Waals surface area contributed by atoms with E-state index in [0.717, 1.165) is 17.7 Å². The van der Waals surface area contributed by atoms with E-state index in [1.807, 2.05) is 22.4 Å². The third-order valence-corrected chi connectivity index (χ3v) is 5.07. The van der Waals surface area contributed by atoms with Crippen LogP contribution in [0.2, 0.25) is 0 Å². The van der Waals surface area contributed by atoms with Crippen molar-refractivity contribution in [2.24, 2.45) is 0 Å². The van der Waals surface area contributed by atoms with Gasteiger partial charge >= 0.3 is 0 Å². The van der Waals surface area contributed by atoms with Crippen LogP contribution in [0.5, 0.6) is 0 Å². The summed E-state index contributed by atoms with van der Waals surface area (Å²) in [6.45, 7) is 5.52. The second-order valence-corrected chi connectivity index (χ2v) is 6.52. The highest BCUT2D eigenvalue weighted by atomic mass is 32.1. The summed E-state index contributed by atoms with van der Waals surface area (Å²) in [7, 11) is 0. The van der Waals surface area contributed by atoms with Crippen LogP contribution < -0.4 is 0 Å². The number of carbonyl (C=O) groups excluding carboxylic acids is 1. The molecular formula is C16H21NO3S. The van der Waals surface area contributed by atoms with Gasteiger partial charge in [0.25, 0.3) is 0 Å². The fourth-order valence-corrected chi connectivity index (χ4v) is 3.95. The second-order valence-electron chi connectivity index (χ2n) is 5.48. The molecule has 1 aromatic heterocycles. The molecule has 3 rings (SSSR count). The number of thiophene rings is 1. The molecule has 1 aliphatic heterocycles. The monoisotopic (exact) mass is 307 g/mol. The van der Waals surface area contributed by atoms with E-state index in [1.165, 1.54) is 0 Å². The van der Waals surface area contributed by atoms with E-state index < -0.39 is 0 Å². The fraction of sp³-hybridized carbons (Fsp3) is 0.562. The van der Waals surface area contributed by atoms with Crippen LogP contribution in [0.1, 0.15) is 17.7 Å². The Morgan fingerprint density at radius 2 is 2.48 bits per heavy atom. The van der Waals surface area contributed by atoms with E-state index in [1.54, 1.807) is 17.4 Å². The van der Waals surface area contributed by atoms with E-state index >= 15 is 0 Å². The third-order valence-electron chi connectivity index (χ3n) is 4.19. The minimum Gasteiger partial charge on any atom is -0.372 e. The number of hydrogen-bond acceptors (Lipinski definition) is 4. The zero-order chi connectivity index (χ0) is 14.7. The molecule has 4 nitrogen and oxygen atoms in total. The number of hydrogen-bond donors (Lipinski definition) is 0. The predicted molar refractivity (Wildman–Crippen MR) is 82.4 cm³/mol. The Labute approximate surface area is 129 Å². The molecule has 2 aliphatic rings. The molecule has 0 spiro atoms. The normalized spacial score (nSPS) is 28.4. The van der Waals surface area contributed by atoms with Gasteiger partial charge in [-0.05, 0) is 24.3 Å². The standard InChI is InChI=1S/C16H21NO3S/c1-2-8-19-14-6-5-13-16(14)20-9-7-17(13)15(18)11-12-4-3-10-21-12/h2-4,10,13-14,16H,1,5-9,11H2/t13-,14-,16-/m0/s1. The number of carbonyl (C=O) groups is 1. The van der Waals surface area contributed by atoms with Gasteiger partial charge in [0.05, 0.1) is 31.8 Å². The molecule has 1 aliphatic carbocycles. The second kappa shape index (κ2) is 6.73. The lowest BCUT2D eigenvalue weighted by Crippen LogP contribution is -2.54. The summed E-state index contributed by atoms with van der Waals surface area (Å²) >= 11 is 1.64. The first-order valence-electron chi connectivity index (χ1n) is 7.45. The number of nitrogens with zero attached hydrogens (tertiary/aromatic N) is 1. The lowest BCUT2D eigenvalue weighted by Gasteiger charge is -2.39. The molecule has 2 heterocycles. The first-order valence-corrected chi connectivity index (χ1v) is 8.33. The highest BCUT2D eigenvalue weighted by Crippen LogP contribution is 2.32. The molecule has 5 heteroatoms. The number of rotatable bonds is 5. The van der Waals surface area contributed by atoms with Gasteiger partial charge in [-0.3, -0.25) is 4.79 Å². The van der Waals surface area contributed by atoms with Gasteiger partial charge in [0.1, 0.15) is 6.10 Å². The Bertz CT molecular complexity index is 488. The van der Waals surface area contributed by atoms with Gasteiger partial charge in [0, 0.05) is 11.4 Å². The molecule has 1 amide bonds. The van der Waals surface area contributed by atoms with E-state index in [0.29, 0.717) is 26.2 Å². The van der Waals surface area contributed by atoms with Gasteiger partial charge in [-0.2, -0.15) is 0 Å². The van der Waals surface area contributed by atoms with Gasteiger partial charge in [0.15, 0.2) is 0 Å². The molecule has 0 radical (unpaired) electrons. The summed E-state index contributed by atoms with van der Waals surface area (Å²) in [5.41, 5.74) is 0. The molecule has 21 heavy (non-hydrogen) atoms. The van der Waals surface area contributed by atoms with Gasteiger partial charge in [-0.25, -0.2) is 0 Å². The highest BCUT2D eigenvalue weighted by Gasteiger charge is 2.44. The summed E-state index contributed by atoms with van der Waals surface area (Å²) in [5.74, 6) is 0.208. The third kappa shape index (κ3) is 3.20. The number of fused-ring (bicyclic) bond motifs is 1. The molecule has 1 saturated heterocycles. The quantitative estimate of drug-likeness (QED) is 0.783. The van der Waals surface area contributed by atoms with Crippen molar-refractivity contribution in [3.05, 3.63) is 35.0 Å². The first-order chi connectivity index (χ1) is 10.3. The van der Waals surface area contributed by atoms with Crippen LogP contribution in [0.4, 0.5) is 0 Å². The lowest BCUT2D eigenvalue weighted by molar-refractivity contribution is -0.150. The molecular weight excluding hydrogens is 286 g/mol. The van der Waals surface area contributed by atoms with E-state index in [4.69, 9.17) is 9.47 Å². The molecule has 1 aromatic rings.